The van der Waals surface area contributed by atoms with E-state index in [2.05, 4.69) is 0 Å². The Morgan fingerprint density at radius 2 is 1.62 bits per heavy atom. The van der Waals surface area contributed by atoms with Crippen LogP contribution in [0.15, 0.2) is 59.0 Å². The second kappa shape index (κ2) is 3.49. The zero-order valence-electron chi connectivity index (χ0n) is 8.48. The van der Waals surface area contributed by atoms with Gasteiger partial charge in [0.1, 0.15) is 5.58 Å². The molecule has 1 nitrogen and oxygen atoms in total. The maximum absolute atomic E-state index is 12.9. The molecule has 0 aliphatic rings. The van der Waals surface area contributed by atoms with Crippen molar-refractivity contribution in [1.82, 2.24) is 0 Å². The van der Waals surface area contributed by atoms with Crippen molar-refractivity contribution in [2.75, 3.05) is 0 Å². The second-order valence-electron chi connectivity index (χ2n) is 3.67. The molecule has 3 aromatic rings. The van der Waals surface area contributed by atoms with Gasteiger partial charge in [-0.05, 0) is 23.3 Å². The van der Waals surface area contributed by atoms with Crippen molar-refractivity contribution in [1.29, 1.82) is 0 Å². The standard InChI is InChI=1S/C14H9FO/c15-14-9-12-8-11(6-7-13(12)16-14)10-4-2-1-3-5-10/h1-9H. The van der Waals surface area contributed by atoms with Crippen LogP contribution < -0.4 is 0 Å². The Kier molecular flexibility index (Phi) is 2.00. The Labute approximate surface area is 92.1 Å². The lowest BCUT2D eigenvalue weighted by Gasteiger charge is -2.00. The zero-order chi connectivity index (χ0) is 11.0. The predicted molar refractivity (Wildman–Crippen MR) is 61.6 cm³/mol. The second-order valence-corrected chi connectivity index (χ2v) is 3.67. The van der Waals surface area contributed by atoms with E-state index < -0.39 is 6.01 Å². The van der Waals surface area contributed by atoms with Crippen LogP contribution in [-0.4, -0.2) is 0 Å². The molecule has 0 aliphatic carbocycles. The number of rotatable bonds is 1. The van der Waals surface area contributed by atoms with Gasteiger partial charge in [-0.3, -0.25) is 0 Å². The summed E-state index contributed by atoms with van der Waals surface area (Å²) in [4.78, 5) is 0. The van der Waals surface area contributed by atoms with Gasteiger partial charge in [0.15, 0.2) is 0 Å². The number of benzene rings is 2. The highest BCUT2D eigenvalue weighted by Gasteiger charge is 2.04. The third-order valence-electron chi connectivity index (χ3n) is 2.59. The van der Waals surface area contributed by atoms with E-state index in [1.165, 1.54) is 6.07 Å². The molecule has 3 rings (SSSR count). The third-order valence-corrected chi connectivity index (χ3v) is 2.59. The van der Waals surface area contributed by atoms with Crippen molar-refractivity contribution in [2.45, 2.75) is 0 Å². The molecule has 0 spiro atoms. The first-order chi connectivity index (χ1) is 7.83. The van der Waals surface area contributed by atoms with Crippen molar-refractivity contribution < 1.29 is 8.81 Å². The van der Waals surface area contributed by atoms with E-state index in [0.29, 0.717) is 5.58 Å². The lowest BCUT2D eigenvalue weighted by atomic mass is 10.0. The Hall–Kier alpha value is -2.09. The SMILES string of the molecule is Fc1cc2cc(-c3ccccc3)ccc2o1. The molecule has 1 aromatic heterocycles. The molecule has 0 bridgehead atoms. The summed E-state index contributed by atoms with van der Waals surface area (Å²) in [6.45, 7) is 0. The Balaban J connectivity index is 2.18. The molecule has 2 heteroatoms. The normalized spacial score (nSPS) is 10.8. The number of fused-ring (bicyclic) bond motifs is 1. The molecule has 0 fully saturated rings. The van der Waals surface area contributed by atoms with Crippen LogP contribution in [0.2, 0.25) is 0 Å². The van der Waals surface area contributed by atoms with E-state index in [4.69, 9.17) is 4.42 Å². The number of hydrogen-bond donors (Lipinski definition) is 0. The van der Waals surface area contributed by atoms with Crippen LogP contribution in [0.25, 0.3) is 22.1 Å². The molecule has 16 heavy (non-hydrogen) atoms. The highest BCUT2D eigenvalue weighted by atomic mass is 19.1. The van der Waals surface area contributed by atoms with Gasteiger partial charge in [-0.15, -0.1) is 0 Å². The van der Waals surface area contributed by atoms with Gasteiger partial charge in [0.2, 0.25) is 0 Å². The highest BCUT2D eigenvalue weighted by molar-refractivity contribution is 5.83. The van der Waals surface area contributed by atoms with Gasteiger partial charge in [0.25, 0.3) is 6.01 Å². The first-order valence-corrected chi connectivity index (χ1v) is 5.07. The van der Waals surface area contributed by atoms with E-state index in [9.17, 15) is 4.39 Å². The lowest BCUT2D eigenvalue weighted by Crippen LogP contribution is -1.75. The quantitative estimate of drug-likeness (QED) is 0.588. The van der Waals surface area contributed by atoms with Crippen LogP contribution in [0, 0.1) is 6.01 Å². The fourth-order valence-electron chi connectivity index (χ4n) is 1.82. The largest absolute Gasteiger partial charge is 0.431 e. The van der Waals surface area contributed by atoms with Crippen molar-refractivity contribution in [3.05, 3.63) is 60.6 Å². The van der Waals surface area contributed by atoms with E-state index in [0.717, 1.165) is 16.5 Å². The summed E-state index contributed by atoms with van der Waals surface area (Å²) in [5, 5.41) is 0.791. The molecule has 1 heterocycles. The van der Waals surface area contributed by atoms with Crippen LogP contribution in [0.3, 0.4) is 0 Å². The van der Waals surface area contributed by atoms with Crippen LogP contribution >= 0.6 is 0 Å². The molecule has 0 atom stereocenters. The summed E-state index contributed by atoms with van der Waals surface area (Å²) in [6.07, 6.45) is 0. The minimum atomic E-state index is -0.541. The fraction of sp³-hybridized carbons (Fsp3) is 0. The smallest absolute Gasteiger partial charge is 0.278 e. The molecular formula is C14H9FO. The highest BCUT2D eigenvalue weighted by Crippen LogP contribution is 2.25. The maximum atomic E-state index is 12.9. The molecule has 0 saturated heterocycles. The van der Waals surface area contributed by atoms with Gasteiger partial charge in [-0.1, -0.05) is 36.4 Å². The number of hydrogen-bond acceptors (Lipinski definition) is 1. The fourth-order valence-corrected chi connectivity index (χ4v) is 1.82. The Morgan fingerprint density at radius 1 is 0.812 bits per heavy atom. The zero-order valence-corrected chi connectivity index (χ0v) is 8.48. The number of halogens is 1. The van der Waals surface area contributed by atoms with Crippen LogP contribution in [-0.2, 0) is 0 Å². The Bertz CT molecular complexity index is 626. The van der Waals surface area contributed by atoms with Crippen LogP contribution in [0.4, 0.5) is 4.39 Å². The summed E-state index contributed by atoms with van der Waals surface area (Å²) in [5.74, 6) is 0. The van der Waals surface area contributed by atoms with E-state index >= 15 is 0 Å². The van der Waals surface area contributed by atoms with Gasteiger partial charge >= 0.3 is 0 Å². The van der Waals surface area contributed by atoms with Gasteiger partial charge in [0, 0.05) is 11.5 Å². The first-order valence-electron chi connectivity index (χ1n) is 5.07. The molecule has 0 unspecified atom stereocenters. The van der Waals surface area contributed by atoms with Gasteiger partial charge in [-0.25, -0.2) is 0 Å². The van der Waals surface area contributed by atoms with E-state index in [1.54, 1.807) is 6.07 Å². The maximum Gasteiger partial charge on any atom is 0.278 e. The van der Waals surface area contributed by atoms with Gasteiger partial charge < -0.3 is 4.42 Å². The molecule has 0 saturated carbocycles. The van der Waals surface area contributed by atoms with E-state index in [-0.39, 0.29) is 0 Å². The topological polar surface area (TPSA) is 13.1 Å². The molecule has 78 valence electrons. The summed E-state index contributed by atoms with van der Waals surface area (Å²) in [7, 11) is 0. The average molecular weight is 212 g/mol. The monoisotopic (exact) mass is 212 g/mol. The van der Waals surface area contributed by atoms with Gasteiger partial charge in [-0.2, -0.15) is 4.39 Å². The minimum Gasteiger partial charge on any atom is -0.431 e. The Morgan fingerprint density at radius 3 is 2.44 bits per heavy atom. The van der Waals surface area contributed by atoms with Crippen molar-refractivity contribution >= 4 is 11.0 Å². The number of furan rings is 1. The lowest BCUT2D eigenvalue weighted by molar-refractivity contribution is 0.381. The molecule has 0 radical (unpaired) electrons. The molecule has 0 amide bonds. The third kappa shape index (κ3) is 1.48. The summed E-state index contributed by atoms with van der Waals surface area (Å²) < 4.78 is 17.8. The summed E-state index contributed by atoms with van der Waals surface area (Å²) in [5.41, 5.74) is 2.76. The average Bonchev–Trinajstić information content (AvgIpc) is 2.69. The predicted octanol–water partition coefficient (Wildman–Crippen LogP) is 4.24. The molecule has 0 aliphatic heterocycles. The summed E-state index contributed by atoms with van der Waals surface area (Å²) >= 11 is 0. The molecule has 0 N–H and O–H groups in total. The van der Waals surface area contributed by atoms with Crippen molar-refractivity contribution in [3.8, 4) is 11.1 Å². The minimum absolute atomic E-state index is 0.541. The van der Waals surface area contributed by atoms with E-state index in [1.807, 2.05) is 42.5 Å². The van der Waals surface area contributed by atoms with Gasteiger partial charge in [0.05, 0.1) is 0 Å². The van der Waals surface area contributed by atoms with Crippen molar-refractivity contribution in [3.63, 3.8) is 0 Å². The summed E-state index contributed by atoms with van der Waals surface area (Å²) in [6, 6.07) is 16.5. The molecule has 2 aromatic carbocycles. The molecular weight excluding hydrogens is 203 g/mol. The van der Waals surface area contributed by atoms with Crippen LogP contribution in [0.5, 0.6) is 0 Å². The van der Waals surface area contributed by atoms with Crippen molar-refractivity contribution in [2.24, 2.45) is 0 Å². The first kappa shape index (κ1) is 9.16. The van der Waals surface area contributed by atoms with Crippen LogP contribution in [0.1, 0.15) is 0 Å².